The largest absolute Gasteiger partial charge is 2.00 e. The minimum Gasteiger partial charge on any atom is -0.550 e. The van der Waals surface area contributed by atoms with Gasteiger partial charge in [0.2, 0.25) is 5.56 Å². The van der Waals surface area contributed by atoms with Crippen LogP contribution in [0, 0.1) is 0 Å². The van der Waals surface area contributed by atoms with Crippen LogP contribution in [-0.4, -0.2) is 46.0 Å². The topological polar surface area (TPSA) is 139 Å². The Labute approximate surface area is 142 Å². The van der Waals surface area contributed by atoms with E-state index in [0.717, 1.165) is 10.9 Å². The fourth-order valence-corrected chi connectivity index (χ4v) is 1.49. The van der Waals surface area contributed by atoms with Crippen LogP contribution in [0.2, 0.25) is 0 Å². The molecular formula is C14H14MgN2O5. The van der Waals surface area contributed by atoms with Gasteiger partial charge in [0, 0.05) is 23.6 Å². The summed E-state index contributed by atoms with van der Waals surface area (Å²) in [5.74, 6) is -2.75. The molecule has 112 valence electrons. The first kappa shape index (κ1) is 20.1. The average Bonchev–Trinajstić information content (AvgIpc) is 2.45. The third-order valence-corrected chi connectivity index (χ3v) is 2.60. The van der Waals surface area contributed by atoms with Crippen LogP contribution in [0.3, 0.4) is 0 Å². The molecule has 8 heteroatoms. The van der Waals surface area contributed by atoms with Crippen molar-refractivity contribution in [1.82, 2.24) is 4.98 Å². The van der Waals surface area contributed by atoms with E-state index < -0.39 is 18.0 Å². The maximum absolute atomic E-state index is 10.8. The van der Waals surface area contributed by atoms with Crippen molar-refractivity contribution in [3.05, 3.63) is 46.8 Å². The Morgan fingerprint density at radius 1 is 1.14 bits per heavy atom. The van der Waals surface area contributed by atoms with E-state index in [4.69, 9.17) is 5.73 Å². The van der Waals surface area contributed by atoms with Crippen LogP contribution in [0.15, 0.2) is 41.2 Å². The van der Waals surface area contributed by atoms with E-state index in [0.29, 0.717) is 0 Å². The van der Waals surface area contributed by atoms with E-state index in [1.807, 2.05) is 30.3 Å². The molecule has 0 unspecified atom stereocenters. The number of aromatic amines is 1. The number of nitrogens with two attached hydrogens (primary N) is 1. The van der Waals surface area contributed by atoms with Crippen molar-refractivity contribution in [1.29, 1.82) is 0 Å². The van der Waals surface area contributed by atoms with Gasteiger partial charge >= 0.3 is 23.1 Å². The summed E-state index contributed by atoms with van der Waals surface area (Å²) in [5.41, 5.74) is 5.75. The van der Waals surface area contributed by atoms with Gasteiger partial charge in [-0.3, -0.25) is 4.79 Å². The second-order valence-electron chi connectivity index (χ2n) is 4.25. The van der Waals surface area contributed by atoms with Crippen LogP contribution in [-0.2, 0) is 9.59 Å². The number of carbonyl (C=O) groups excluding carboxylic acids is 2. The van der Waals surface area contributed by atoms with Crippen molar-refractivity contribution >= 4 is 45.9 Å². The number of carboxylic acids is 2. The summed E-state index contributed by atoms with van der Waals surface area (Å²) in [7, 11) is 0. The van der Waals surface area contributed by atoms with Crippen molar-refractivity contribution in [2.45, 2.75) is 18.9 Å². The number of pyridine rings is 1. The van der Waals surface area contributed by atoms with Crippen LogP contribution in [0.4, 0.5) is 0 Å². The zero-order chi connectivity index (χ0) is 15.8. The third-order valence-electron chi connectivity index (χ3n) is 2.60. The van der Waals surface area contributed by atoms with E-state index in [-0.39, 0.29) is 41.5 Å². The second kappa shape index (κ2) is 9.93. The Kier molecular flexibility index (Phi) is 9.07. The van der Waals surface area contributed by atoms with Gasteiger partial charge in [0.25, 0.3) is 0 Å². The standard InChI is InChI=1S/C9H7NO.C5H9NO4.Mg/c11-9-6-5-7-3-1-2-4-8(7)10-9;6-3(5(9)10)1-2-4(7)8;/h1-6H,(H,10,11);3H,1-2,6H2,(H,7,8)(H,9,10);/q;;+2/p-2/t;3-;/m.0./s1. The number of hydrogen-bond acceptors (Lipinski definition) is 6. The maximum Gasteiger partial charge on any atom is 2.00 e. The van der Waals surface area contributed by atoms with Crippen LogP contribution < -0.4 is 21.5 Å². The monoisotopic (exact) mass is 314 g/mol. The predicted octanol–water partition coefficient (Wildman–Crippen LogP) is -2.26. The van der Waals surface area contributed by atoms with Crippen molar-refractivity contribution in [2.75, 3.05) is 0 Å². The summed E-state index contributed by atoms with van der Waals surface area (Å²) in [6, 6.07) is 9.83. The summed E-state index contributed by atoms with van der Waals surface area (Å²) in [6.45, 7) is 0. The van der Waals surface area contributed by atoms with Gasteiger partial charge in [-0.1, -0.05) is 18.2 Å². The van der Waals surface area contributed by atoms with Gasteiger partial charge in [0.1, 0.15) is 0 Å². The van der Waals surface area contributed by atoms with Crippen LogP contribution in [0.1, 0.15) is 12.8 Å². The van der Waals surface area contributed by atoms with Gasteiger partial charge in [-0.15, -0.1) is 0 Å². The zero-order valence-electron chi connectivity index (χ0n) is 11.8. The van der Waals surface area contributed by atoms with Gasteiger partial charge in [-0.2, -0.15) is 0 Å². The molecule has 0 amide bonds. The number of benzene rings is 1. The molecule has 0 saturated carbocycles. The molecule has 1 atom stereocenters. The number of aromatic nitrogens is 1. The number of carbonyl (C=O) groups is 2. The number of hydrogen-bond donors (Lipinski definition) is 2. The second-order valence-corrected chi connectivity index (χ2v) is 4.25. The Morgan fingerprint density at radius 2 is 1.77 bits per heavy atom. The van der Waals surface area contributed by atoms with Crippen molar-refractivity contribution in [2.24, 2.45) is 5.73 Å². The molecule has 0 aliphatic heterocycles. The minimum absolute atomic E-state index is 0. The van der Waals surface area contributed by atoms with Crippen molar-refractivity contribution in [3.8, 4) is 0 Å². The number of carboxylic acid groups (broad SMARTS) is 2. The Hall–Kier alpha value is -1.90. The quantitative estimate of drug-likeness (QED) is 0.611. The average molecular weight is 315 g/mol. The van der Waals surface area contributed by atoms with Gasteiger partial charge in [0.15, 0.2) is 0 Å². The summed E-state index contributed by atoms with van der Waals surface area (Å²) >= 11 is 0. The van der Waals surface area contributed by atoms with Crippen LogP contribution in [0.25, 0.3) is 10.9 Å². The van der Waals surface area contributed by atoms with E-state index in [1.165, 1.54) is 6.07 Å². The first-order chi connectivity index (χ1) is 9.90. The Morgan fingerprint density at radius 3 is 2.36 bits per heavy atom. The molecule has 0 aliphatic rings. The van der Waals surface area contributed by atoms with Gasteiger partial charge in [0.05, 0.1) is 5.97 Å². The number of H-pyrrole nitrogens is 1. The molecule has 1 aromatic carbocycles. The number of nitrogens with one attached hydrogen (secondary N) is 1. The molecule has 2 rings (SSSR count). The van der Waals surface area contributed by atoms with E-state index in [9.17, 15) is 24.6 Å². The smallest absolute Gasteiger partial charge is 0.550 e. The minimum atomic E-state index is -1.44. The molecule has 2 aromatic rings. The van der Waals surface area contributed by atoms with Gasteiger partial charge < -0.3 is 30.5 Å². The normalized spacial score (nSPS) is 10.8. The molecule has 7 nitrogen and oxygen atoms in total. The molecule has 0 fully saturated rings. The fourth-order valence-electron chi connectivity index (χ4n) is 1.49. The first-order valence-electron chi connectivity index (χ1n) is 6.14. The van der Waals surface area contributed by atoms with Crippen molar-refractivity contribution in [3.63, 3.8) is 0 Å². The molecule has 0 saturated heterocycles. The summed E-state index contributed by atoms with van der Waals surface area (Å²) in [5, 5.41) is 20.7. The molecule has 22 heavy (non-hydrogen) atoms. The molecule has 0 bridgehead atoms. The number of aliphatic carboxylic acids is 2. The van der Waals surface area contributed by atoms with Crippen molar-refractivity contribution < 1.29 is 19.8 Å². The van der Waals surface area contributed by atoms with Gasteiger partial charge in [-0.05, 0) is 30.4 Å². The predicted molar refractivity (Wildman–Crippen MR) is 77.5 cm³/mol. The van der Waals surface area contributed by atoms with E-state index >= 15 is 0 Å². The molecule has 0 aliphatic carbocycles. The number of fused-ring (bicyclic) bond motifs is 1. The Balaban J connectivity index is 0.000000387. The molecule has 1 aromatic heterocycles. The zero-order valence-corrected chi connectivity index (χ0v) is 13.2. The summed E-state index contributed by atoms with van der Waals surface area (Å²) in [6.07, 6.45) is -0.500. The third kappa shape index (κ3) is 7.20. The molecule has 3 N–H and O–H groups in total. The van der Waals surface area contributed by atoms with E-state index in [2.05, 4.69) is 4.98 Å². The van der Waals surface area contributed by atoms with Gasteiger partial charge in [-0.25, -0.2) is 0 Å². The van der Waals surface area contributed by atoms with E-state index in [1.54, 1.807) is 0 Å². The molecule has 1 heterocycles. The molecule has 0 spiro atoms. The first-order valence-corrected chi connectivity index (χ1v) is 6.14. The summed E-state index contributed by atoms with van der Waals surface area (Å²) in [4.78, 5) is 33.2. The number of rotatable bonds is 4. The number of para-hydroxylation sites is 1. The fraction of sp³-hybridized carbons (Fsp3) is 0.214. The summed E-state index contributed by atoms with van der Waals surface area (Å²) < 4.78 is 0. The maximum atomic E-state index is 10.8. The van der Waals surface area contributed by atoms with Crippen LogP contribution >= 0.6 is 0 Å². The molecule has 0 radical (unpaired) electrons. The molecular weight excluding hydrogens is 300 g/mol. The Bertz CT molecular complexity index is 686. The SMILES string of the molecule is N[C@@H](CCC(=O)[O-])C(=O)[O-].O=c1ccc2ccccc2[nH]1.[Mg+2]. The van der Waals surface area contributed by atoms with Crippen LogP contribution in [0.5, 0.6) is 0 Å².